The van der Waals surface area contributed by atoms with Crippen LogP contribution >= 0.6 is 0 Å². The summed E-state index contributed by atoms with van der Waals surface area (Å²) in [4.78, 5) is 24.0. The van der Waals surface area contributed by atoms with Crippen LogP contribution in [0.2, 0.25) is 0 Å². The third kappa shape index (κ3) is 5.04. The number of nitriles is 1. The van der Waals surface area contributed by atoms with Gasteiger partial charge in [0.2, 0.25) is 5.82 Å². The number of anilines is 1. The number of likely N-dealkylation sites (tertiary alicyclic amines) is 1. The Morgan fingerprint density at radius 3 is 2.64 bits per heavy atom. The number of piperidine rings is 1. The summed E-state index contributed by atoms with van der Waals surface area (Å²) in [5, 5.41) is 12.5. The van der Waals surface area contributed by atoms with E-state index in [1.807, 2.05) is 16.7 Å². The molecule has 208 valence electrons. The van der Waals surface area contributed by atoms with E-state index in [0.29, 0.717) is 17.4 Å². The van der Waals surface area contributed by atoms with Gasteiger partial charge in [-0.05, 0) is 36.6 Å². The van der Waals surface area contributed by atoms with E-state index in [9.17, 15) is 4.39 Å². The number of rotatable bonds is 6. The molecule has 2 aliphatic heterocycles. The van der Waals surface area contributed by atoms with Crippen molar-refractivity contribution in [2.24, 2.45) is 0 Å². The largest absolute Gasteiger partial charge is 0.472 e. The molecule has 1 N–H and O–H groups in total. The minimum atomic E-state index is -0.411. The predicted octanol–water partition coefficient (Wildman–Crippen LogP) is 4.90. The molecule has 42 heavy (non-hydrogen) atoms. The van der Waals surface area contributed by atoms with Crippen LogP contribution in [-0.4, -0.2) is 53.5 Å². The lowest BCUT2D eigenvalue weighted by molar-refractivity contribution is 0.211. The lowest BCUT2D eigenvalue weighted by Gasteiger charge is -2.32. The molecule has 7 rings (SSSR count). The van der Waals surface area contributed by atoms with Crippen LogP contribution in [0.25, 0.3) is 33.9 Å². The summed E-state index contributed by atoms with van der Waals surface area (Å²) in [6.07, 6.45) is 9.84. The molecule has 2 aliphatic rings. The molecular weight excluding hydrogens is 533 g/mol. The number of hydrogen-bond acceptors (Lipinski definition) is 9. The molecule has 10 nitrogen and oxygen atoms in total. The molecule has 1 aromatic carbocycles. The number of benzene rings is 1. The van der Waals surface area contributed by atoms with Gasteiger partial charge in [0, 0.05) is 61.6 Å². The number of imidazole rings is 1. The van der Waals surface area contributed by atoms with Crippen molar-refractivity contribution in [2.45, 2.75) is 32.2 Å². The van der Waals surface area contributed by atoms with Crippen LogP contribution in [0.3, 0.4) is 0 Å². The van der Waals surface area contributed by atoms with Gasteiger partial charge in [-0.3, -0.25) is 19.4 Å². The molecule has 0 atom stereocenters. The van der Waals surface area contributed by atoms with Crippen molar-refractivity contribution in [3.8, 4) is 45.7 Å². The number of ether oxygens (including phenoxy) is 1. The molecule has 1 saturated heterocycles. The number of halogens is 1. The van der Waals surface area contributed by atoms with Gasteiger partial charge in [-0.2, -0.15) is 5.26 Å². The zero-order valence-electron chi connectivity index (χ0n) is 22.6. The first-order valence-electron chi connectivity index (χ1n) is 13.7. The molecule has 0 spiro atoms. The molecule has 1 fully saturated rings. The molecule has 0 saturated carbocycles. The lowest BCUT2D eigenvalue weighted by Crippen LogP contribution is -2.38. The van der Waals surface area contributed by atoms with Crippen LogP contribution in [0.4, 0.5) is 10.2 Å². The number of nitrogens with zero attached hydrogens (tertiary/aromatic N) is 8. The second-order valence-corrected chi connectivity index (χ2v) is 10.4. The molecule has 0 bridgehead atoms. The van der Waals surface area contributed by atoms with Crippen molar-refractivity contribution in [1.29, 1.82) is 5.26 Å². The average molecular weight is 560 g/mol. The Labute approximate surface area is 241 Å². The van der Waals surface area contributed by atoms with Crippen molar-refractivity contribution >= 4 is 5.82 Å². The van der Waals surface area contributed by atoms with E-state index in [1.54, 1.807) is 30.9 Å². The summed E-state index contributed by atoms with van der Waals surface area (Å²) in [6, 6.07) is 15.8. The Balaban J connectivity index is 1.09. The van der Waals surface area contributed by atoms with Gasteiger partial charge in [0.15, 0.2) is 6.73 Å². The highest BCUT2D eigenvalue weighted by Crippen LogP contribution is 2.41. The summed E-state index contributed by atoms with van der Waals surface area (Å²) < 4.78 is 22.2. The van der Waals surface area contributed by atoms with Crippen molar-refractivity contribution in [2.75, 3.05) is 18.4 Å². The summed E-state index contributed by atoms with van der Waals surface area (Å²) in [5.74, 6) is 1.90. The summed E-state index contributed by atoms with van der Waals surface area (Å²) in [5.41, 5.74) is 5.04. The van der Waals surface area contributed by atoms with E-state index in [-0.39, 0.29) is 12.6 Å². The summed E-state index contributed by atoms with van der Waals surface area (Å²) >= 11 is 0. The Morgan fingerprint density at radius 1 is 0.976 bits per heavy atom. The highest BCUT2D eigenvalue weighted by atomic mass is 19.1. The van der Waals surface area contributed by atoms with Gasteiger partial charge < -0.3 is 10.1 Å². The second kappa shape index (κ2) is 11.0. The van der Waals surface area contributed by atoms with E-state index in [0.717, 1.165) is 66.6 Å². The maximum atomic E-state index is 14.2. The number of nitrogens with one attached hydrogen (secondary N) is 1. The fourth-order valence-electron chi connectivity index (χ4n) is 5.59. The highest BCUT2D eigenvalue weighted by Gasteiger charge is 2.27. The monoisotopic (exact) mass is 559 g/mol. The predicted molar refractivity (Wildman–Crippen MR) is 153 cm³/mol. The fourth-order valence-corrected chi connectivity index (χ4v) is 5.59. The number of pyridine rings is 2. The van der Waals surface area contributed by atoms with Crippen molar-refractivity contribution in [1.82, 2.24) is 34.4 Å². The third-order valence-corrected chi connectivity index (χ3v) is 7.65. The minimum Gasteiger partial charge on any atom is -0.472 e. The second-order valence-electron chi connectivity index (χ2n) is 10.4. The van der Waals surface area contributed by atoms with Crippen LogP contribution in [0.1, 0.15) is 24.2 Å². The van der Waals surface area contributed by atoms with E-state index in [2.05, 4.69) is 54.4 Å². The van der Waals surface area contributed by atoms with E-state index in [4.69, 9.17) is 15.0 Å². The smallest absolute Gasteiger partial charge is 0.234 e. The zero-order chi connectivity index (χ0) is 28.5. The Kier molecular flexibility index (Phi) is 6.73. The topological polar surface area (TPSA) is 118 Å². The first-order valence-corrected chi connectivity index (χ1v) is 13.7. The molecule has 6 heterocycles. The fraction of sp³-hybridized carbons (Fsp3) is 0.226. The van der Waals surface area contributed by atoms with Crippen LogP contribution in [-0.2, 0) is 13.3 Å². The van der Waals surface area contributed by atoms with Gasteiger partial charge in [-0.25, -0.2) is 19.3 Å². The number of hydrogen-bond donors (Lipinski definition) is 1. The standard InChI is InChI=1S/C31H26FN9O/c32-23-13-22(15-35-16-23)30-29(39-31-25-17-34-9-5-26(25)42-19-41(30)31)21-3-1-20(2-4-21)18-40-11-7-24(8-12-40)37-27-6-10-36-28(14-33)38-27/h1-6,9-10,13,15-17,24H,7-8,11-12,18-19H2,(H,36,37,38). The Morgan fingerprint density at radius 2 is 1.83 bits per heavy atom. The average Bonchev–Trinajstić information content (AvgIpc) is 3.43. The minimum absolute atomic E-state index is 0.173. The van der Waals surface area contributed by atoms with Gasteiger partial charge in [-0.1, -0.05) is 24.3 Å². The van der Waals surface area contributed by atoms with Gasteiger partial charge in [-0.15, -0.1) is 0 Å². The molecule has 11 heteroatoms. The van der Waals surface area contributed by atoms with Gasteiger partial charge in [0.25, 0.3) is 0 Å². The van der Waals surface area contributed by atoms with E-state index in [1.165, 1.54) is 17.8 Å². The molecule has 0 radical (unpaired) electrons. The van der Waals surface area contributed by atoms with Crippen LogP contribution < -0.4 is 10.1 Å². The van der Waals surface area contributed by atoms with Gasteiger partial charge in [0.05, 0.1) is 23.1 Å². The SMILES string of the molecule is N#Cc1nccc(NC2CCN(Cc3ccc(-c4nc5n(c4-c4cncc(F)c4)COc4ccncc4-5)cc3)CC2)n1. The maximum Gasteiger partial charge on any atom is 0.234 e. The van der Waals surface area contributed by atoms with Crippen LogP contribution in [0, 0.1) is 17.1 Å². The van der Waals surface area contributed by atoms with Gasteiger partial charge >= 0.3 is 0 Å². The number of aromatic nitrogens is 6. The normalized spacial score (nSPS) is 14.9. The Hall–Kier alpha value is -5.21. The zero-order valence-corrected chi connectivity index (χ0v) is 22.6. The molecule has 0 unspecified atom stereocenters. The first-order chi connectivity index (χ1) is 20.6. The van der Waals surface area contributed by atoms with Crippen LogP contribution in [0.15, 0.2) is 73.4 Å². The van der Waals surface area contributed by atoms with Crippen molar-refractivity contribution in [3.05, 3.63) is 90.7 Å². The molecular formula is C31H26FN9O. The maximum absolute atomic E-state index is 14.2. The number of fused-ring (bicyclic) bond motifs is 3. The molecule has 0 amide bonds. The first kappa shape index (κ1) is 25.7. The Bertz CT molecular complexity index is 1790. The van der Waals surface area contributed by atoms with Crippen LogP contribution in [0.5, 0.6) is 5.75 Å². The molecule has 4 aromatic heterocycles. The van der Waals surface area contributed by atoms with E-state index >= 15 is 0 Å². The molecule has 5 aromatic rings. The molecule has 0 aliphatic carbocycles. The highest BCUT2D eigenvalue weighted by molar-refractivity contribution is 5.83. The van der Waals surface area contributed by atoms with Crippen molar-refractivity contribution in [3.63, 3.8) is 0 Å². The third-order valence-electron chi connectivity index (χ3n) is 7.65. The summed E-state index contributed by atoms with van der Waals surface area (Å²) in [7, 11) is 0. The summed E-state index contributed by atoms with van der Waals surface area (Å²) in [6.45, 7) is 3.00. The van der Waals surface area contributed by atoms with E-state index < -0.39 is 5.82 Å². The quantitative estimate of drug-likeness (QED) is 0.310. The van der Waals surface area contributed by atoms with Crippen molar-refractivity contribution < 1.29 is 9.13 Å². The van der Waals surface area contributed by atoms with Gasteiger partial charge in [0.1, 0.15) is 29.3 Å². The lowest BCUT2D eigenvalue weighted by atomic mass is 10.0.